The van der Waals surface area contributed by atoms with E-state index in [1.165, 1.54) is 0 Å². The Morgan fingerprint density at radius 1 is 0.824 bits per heavy atom. The molecule has 0 aromatic heterocycles. The lowest BCUT2D eigenvalue weighted by molar-refractivity contribution is -0.131. The number of nitrogens with one attached hydrogen (secondary N) is 1. The van der Waals surface area contributed by atoms with Gasteiger partial charge in [-0.2, -0.15) is 0 Å². The van der Waals surface area contributed by atoms with E-state index in [1.54, 1.807) is 18.2 Å². The molecule has 0 saturated carbocycles. The minimum absolute atomic E-state index is 0.0445. The number of carbonyl (C=O) groups excluding carboxylic acids is 2. The van der Waals surface area contributed by atoms with Crippen LogP contribution in [0.1, 0.15) is 22.3 Å². The normalized spacial score (nSPS) is 14.5. The van der Waals surface area contributed by atoms with Crippen molar-refractivity contribution < 1.29 is 9.59 Å². The number of piperazine rings is 1. The lowest BCUT2D eigenvalue weighted by Gasteiger charge is -2.37. The number of halogens is 2. The van der Waals surface area contributed by atoms with Crippen LogP contribution in [0.2, 0.25) is 10.0 Å². The molecule has 1 saturated heterocycles. The summed E-state index contributed by atoms with van der Waals surface area (Å²) in [5, 5.41) is 4.13. The van der Waals surface area contributed by atoms with Gasteiger partial charge in [-0.05, 0) is 42.3 Å². The van der Waals surface area contributed by atoms with Gasteiger partial charge >= 0.3 is 0 Å². The third kappa shape index (κ3) is 6.31. The first kappa shape index (κ1) is 24.1. The van der Waals surface area contributed by atoms with Crippen LogP contribution in [-0.4, -0.2) is 48.9 Å². The average Bonchev–Trinajstić information content (AvgIpc) is 2.87. The number of hydrogen-bond acceptors (Lipinski definition) is 3. The summed E-state index contributed by atoms with van der Waals surface area (Å²) in [6, 6.07) is 24.3. The molecule has 3 aromatic rings. The SMILES string of the molecule is O=C(NC(CC(=O)N1CCN(c2ccc(Cl)c(Cl)c2)CC1)Cc1ccccc1)c1ccccc1. The highest BCUT2D eigenvalue weighted by atomic mass is 35.5. The first-order valence-electron chi connectivity index (χ1n) is 11.4. The molecule has 1 aliphatic heterocycles. The Kier molecular flexibility index (Phi) is 8.09. The van der Waals surface area contributed by atoms with Gasteiger partial charge in [-0.15, -0.1) is 0 Å². The molecule has 176 valence electrons. The molecule has 4 rings (SSSR count). The van der Waals surface area contributed by atoms with Gasteiger partial charge < -0.3 is 15.1 Å². The van der Waals surface area contributed by atoms with Gasteiger partial charge in [0.05, 0.1) is 10.0 Å². The van der Waals surface area contributed by atoms with E-state index in [0.29, 0.717) is 48.2 Å². The highest BCUT2D eigenvalue weighted by Gasteiger charge is 2.25. The fourth-order valence-electron chi connectivity index (χ4n) is 4.17. The van der Waals surface area contributed by atoms with Crippen LogP contribution in [-0.2, 0) is 11.2 Å². The standard InChI is InChI=1S/C27H27Cl2N3O2/c28-24-12-11-23(19-25(24)29)31-13-15-32(16-14-31)26(33)18-22(17-20-7-3-1-4-8-20)30-27(34)21-9-5-2-6-10-21/h1-12,19,22H,13-18H2,(H,30,34). The van der Waals surface area contributed by atoms with E-state index in [0.717, 1.165) is 11.3 Å². The number of hydrogen-bond donors (Lipinski definition) is 1. The molecule has 1 atom stereocenters. The fourth-order valence-corrected chi connectivity index (χ4v) is 4.46. The molecule has 1 N–H and O–H groups in total. The van der Waals surface area contributed by atoms with Crippen molar-refractivity contribution in [2.24, 2.45) is 0 Å². The van der Waals surface area contributed by atoms with E-state index < -0.39 is 0 Å². The summed E-state index contributed by atoms with van der Waals surface area (Å²) in [6.45, 7) is 2.65. The average molecular weight is 496 g/mol. The second kappa shape index (κ2) is 11.4. The first-order valence-corrected chi connectivity index (χ1v) is 12.1. The number of nitrogens with zero attached hydrogens (tertiary/aromatic N) is 2. The molecule has 0 spiro atoms. The van der Waals surface area contributed by atoms with E-state index in [9.17, 15) is 9.59 Å². The predicted octanol–water partition coefficient (Wildman–Crippen LogP) is 5.07. The maximum Gasteiger partial charge on any atom is 0.251 e. The lowest BCUT2D eigenvalue weighted by atomic mass is 10.0. The monoisotopic (exact) mass is 495 g/mol. The fraction of sp³-hybridized carbons (Fsp3) is 0.259. The molecule has 0 bridgehead atoms. The van der Waals surface area contributed by atoms with Crippen molar-refractivity contribution in [2.45, 2.75) is 18.9 Å². The minimum atomic E-state index is -0.296. The summed E-state index contributed by atoms with van der Waals surface area (Å²) in [4.78, 5) is 30.0. The molecule has 3 aromatic carbocycles. The highest BCUT2D eigenvalue weighted by molar-refractivity contribution is 6.42. The van der Waals surface area contributed by atoms with E-state index in [1.807, 2.05) is 65.6 Å². The Morgan fingerprint density at radius 2 is 1.47 bits per heavy atom. The molecule has 1 fully saturated rings. The smallest absolute Gasteiger partial charge is 0.251 e. The molecule has 0 aliphatic carbocycles. The second-order valence-electron chi connectivity index (χ2n) is 8.40. The van der Waals surface area contributed by atoms with Crippen LogP contribution >= 0.6 is 23.2 Å². The Hall–Kier alpha value is -3.02. The largest absolute Gasteiger partial charge is 0.368 e. The van der Waals surface area contributed by atoms with E-state index in [2.05, 4.69) is 10.2 Å². The Balaban J connectivity index is 1.38. The molecular weight excluding hydrogens is 469 g/mol. The van der Waals surface area contributed by atoms with Gasteiger partial charge in [0.15, 0.2) is 0 Å². The van der Waals surface area contributed by atoms with Crippen LogP contribution in [0.4, 0.5) is 5.69 Å². The van der Waals surface area contributed by atoms with Crippen LogP contribution in [0.15, 0.2) is 78.9 Å². The van der Waals surface area contributed by atoms with Crippen LogP contribution in [0.5, 0.6) is 0 Å². The van der Waals surface area contributed by atoms with E-state index >= 15 is 0 Å². The number of carbonyl (C=O) groups is 2. The van der Waals surface area contributed by atoms with Gasteiger partial charge in [-0.25, -0.2) is 0 Å². The molecule has 0 radical (unpaired) electrons. The molecule has 7 heteroatoms. The topological polar surface area (TPSA) is 52.7 Å². The van der Waals surface area contributed by atoms with E-state index in [4.69, 9.17) is 23.2 Å². The maximum absolute atomic E-state index is 13.2. The number of anilines is 1. The van der Waals surface area contributed by atoms with Crippen molar-refractivity contribution in [3.63, 3.8) is 0 Å². The van der Waals surface area contributed by atoms with Crippen molar-refractivity contribution in [1.82, 2.24) is 10.2 Å². The highest BCUT2D eigenvalue weighted by Crippen LogP contribution is 2.28. The van der Waals surface area contributed by atoms with Crippen LogP contribution in [0.3, 0.4) is 0 Å². The molecule has 1 heterocycles. The lowest BCUT2D eigenvalue weighted by Crippen LogP contribution is -2.50. The van der Waals surface area contributed by atoms with Gasteiger partial charge in [0.2, 0.25) is 5.91 Å². The minimum Gasteiger partial charge on any atom is -0.368 e. The third-order valence-corrected chi connectivity index (χ3v) is 6.76. The van der Waals surface area contributed by atoms with Crippen molar-refractivity contribution >= 4 is 40.7 Å². The van der Waals surface area contributed by atoms with Gasteiger partial charge in [-0.1, -0.05) is 71.7 Å². The molecule has 5 nitrogen and oxygen atoms in total. The summed E-state index contributed by atoms with van der Waals surface area (Å²) in [5.41, 5.74) is 2.67. The molecular formula is C27H27Cl2N3O2. The number of rotatable bonds is 7. The van der Waals surface area contributed by atoms with Gasteiger partial charge in [0, 0.05) is 49.9 Å². The first-order chi connectivity index (χ1) is 16.5. The Morgan fingerprint density at radius 3 is 2.12 bits per heavy atom. The van der Waals surface area contributed by atoms with Crippen molar-refractivity contribution in [3.8, 4) is 0 Å². The Bertz CT molecular complexity index is 1120. The summed E-state index contributed by atoms with van der Waals surface area (Å²) >= 11 is 12.2. The van der Waals surface area contributed by atoms with Gasteiger partial charge in [-0.3, -0.25) is 9.59 Å². The quantitative estimate of drug-likeness (QED) is 0.497. The van der Waals surface area contributed by atoms with Crippen LogP contribution < -0.4 is 10.2 Å². The zero-order valence-electron chi connectivity index (χ0n) is 18.8. The van der Waals surface area contributed by atoms with Crippen LogP contribution in [0, 0.1) is 0 Å². The summed E-state index contributed by atoms with van der Waals surface area (Å²) in [6.07, 6.45) is 0.842. The van der Waals surface area contributed by atoms with Crippen molar-refractivity contribution in [2.75, 3.05) is 31.1 Å². The third-order valence-electron chi connectivity index (χ3n) is 6.02. The summed E-state index contributed by atoms with van der Waals surface area (Å²) < 4.78 is 0. The van der Waals surface area contributed by atoms with Crippen LogP contribution in [0.25, 0.3) is 0 Å². The molecule has 2 amide bonds. The van der Waals surface area contributed by atoms with Crippen molar-refractivity contribution in [3.05, 3.63) is 100 Å². The number of amides is 2. The zero-order chi connectivity index (χ0) is 23.9. The number of benzene rings is 3. The molecule has 34 heavy (non-hydrogen) atoms. The molecule has 1 unspecified atom stereocenters. The predicted molar refractivity (Wildman–Crippen MR) is 138 cm³/mol. The Labute approximate surface area is 210 Å². The summed E-state index contributed by atoms with van der Waals surface area (Å²) in [5.74, 6) is -0.123. The van der Waals surface area contributed by atoms with Gasteiger partial charge in [0.1, 0.15) is 0 Å². The second-order valence-corrected chi connectivity index (χ2v) is 9.21. The van der Waals surface area contributed by atoms with Gasteiger partial charge in [0.25, 0.3) is 5.91 Å². The van der Waals surface area contributed by atoms with E-state index in [-0.39, 0.29) is 24.3 Å². The summed E-state index contributed by atoms with van der Waals surface area (Å²) in [7, 11) is 0. The zero-order valence-corrected chi connectivity index (χ0v) is 20.3. The molecule has 1 aliphatic rings. The maximum atomic E-state index is 13.2. The van der Waals surface area contributed by atoms with Crippen molar-refractivity contribution in [1.29, 1.82) is 0 Å².